The minimum atomic E-state index is -0.600. The molecule has 2 rings (SSSR count). The summed E-state index contributed by atoms with van der Waals surface area (Å²) >= 11 is 1.36. The van der Waals surface area contributed by atoms with Gasteiger partial charge < -0.3 is 14.8 Å². The summed E-state index contributed by atoms with van der Waals surface area (Å²) in [5, 5.41) is 3.51. The van der Waals surface area contributed by atoms with Gasteiger partial charge in [0, 0.05) is 4.88 Å². The molecule has 0 aliphatic rings. The van der Waals surface area contributed by atoms with Crippen LogP contribution >= 0.6 is 11.3 Å². The average Bonchev–Trinajstić information content (AvgIpc) is 2.94. The SMILES string of the molecule is COC(=O)c1nc(C(Cc2ccccc2)NC(=O)OC(C)(C)C)sc1C. The number of ether oxygens (including phenoxy) is 2. The molecule has 26 heavy (non-hydrogen) atoms. The first-order valence-electron chi connectivity index (χ1n) is 8.28. The second-order valence-corrected chi connectivity index (χ2v) is 8.07. The van der Waals surface area contributed by atoms with Crippen LogP contribution in [0.5, 0.6) is 0 Å². The fourth-order valence-corrected chi connectivity index (χ4v) is 3.31. The molecule has 1 aromatic heterocycles. The number of carbonyl (C=O) groups is 2. The van der Waals surface area contributed by atoms with E-state index in [9.17, 15) is 9.59 Å². The maximum absolute atomic E-state index is 12.3. The van der Waals surface area contributed by atoms with E-state index < -0.39 is 23.7 Å². The molecular weight excluding hydrogens is 352 g/mol. The lowest BCUT2D eigenvalue weighted by molar-refractivity contribution is 0.0503. The van der Waals surface area contributed by atoms with Crippen LogP contribution in [0.15, 0.2) is 30.3 Å². The molecule has 0 bridgehead atoms. The summed E-state index contributed by atoms with van der Waals surface area (Å²) in [4.78, 5) is 29.3. The van der Waals surface area contributed by atoms with Gasteiger partial charge in [-0.3, -0.25) is 0 Å². The highest BCUT2D eigenvalue weighted by Gasteiger charge is 2.25. The van der Waals surface area contributed by atoms with Gasteiger partial charge in [-0.05, 0) is 39.7 Å². The molecule has 1 N–H and O–H groups in total. The number of esters is 1. The van der Waals surface area contributed by atoms with Crippen LogP contribution in [0.4, 0.5) is 4.79 Å². The van der Waals surface area contributed by atoms with E-state index in [4.69, 9.17) is 9.47 Å². The van der Waals surface area contributed by atoms with Crippen molar-refractivity contribution in [3.05, 3.63) is 51.5 Å². The lowest BCUT2D eigenvalue weighted by Crippen LogP contribution is -2.35. The Morgan fingerprint density at radius 1 is 1.23 bits per heavy atom. The molecule has 1 heterocycles. The number of amides is 1. The number of thiazole rings is 1. The predicted molar refractivity (Wildman–Crippen MR) is 100 cm³/mol. The van der Waals surface area contributed by atoms with Gasteiger partial charge in [0.1, 0.15) is 10.6 Å². The first-order chi connectivity index (χ1) is 12.2. The number of alkyl carbamates (subject to hydrolysis) is 1. The van der Waals surface area contributed by atoms with Crippen LogP contribution in [0, 0.1) is 6.92 Å². The molecule has 140 valence electrons. The second kappa shape index (κ2) is 8.31. The first kappa shape index (κ1) is 19.9. The lowest BCUT2D eigenvalue weighted by atomic mass is 10.1. The average molecular weight is 376 g/mol. The predicted octanol–water partition coefficient (Wildman–Crippen LogP) is 4.05. The fourth-order valence-electron chi connectivity index (χ4n) is 2.35. The van der Waals surface area contributed by atoms with E-state index in [0.717, 1.165) is 10.4 Å². The molecule has 0 radical (unpaired) electrons. The number of rotatable bonds is 5. The number of hydrogen-bond donors (Lipinski definition) is 1. The molecule has 7 heteroatoms. The Bertz CT molecular complexity index is 766. The smallest absolute Gasteiger partial charge is 0.408 e. The molecule has 0 saturated carbocycles. The van der Waals surface area contributed by atoms with Crippen molar-refractivity contribution in [3.63, 3.8) is 0 Å². The molecule has 0 spiro atoms. The Labute approximate surface area is 157 Å². The van der Waals surface area contributed by atoms with Crippen LogP contribution in [0.1, 0.15) is 52.7 Å². The van der Waals surface area contributed by atoms with Crippen LogP contribution in [-0.2, 0) is 15.9 Å². The Hall–Kier alpha value is -2.41. The van der Waals surface area contributed by atoms with Crippen LogP contribution in [0.3, 0.4) is 0 Å². The number of hydrogen-bond acceptors (Lipinski definition) is 6. The first-order valence-corrected chi connectivity index (χ1v) is 9.10. The summed E-state index contributed by atoms with van der Waals surface area (Å²) in [6, 6.07) is 9.36. The van der Waals surface area contributed by atoms with Crippen LogP contribution in [0.2, 0.25) is 0 Å². The van der Waals surface area contributed by atoms with Crippen molar-refractivity contribution in [2.24, 2.45) is 0 Å². The highest BCUT2D eigenvalue weighted by Crippen LogP contribution is 2.27. The summed E-state index contributed by atoms with van der Waals surface area (Å²) in [5.74, 6) is -0.485. The fraction of sp³-hybridized carbons (Fsp3) is 0.421. The topological polar surface area (TPSA) is 77.5 Å². The zero-order valence-electron chi connectivity index (χ0n) is 15.7. The van der Waals surface area contributed by atoms with E-state index in [1.807, 2.05) is 51.1 Å². The summed E-state index contributed by atoms with van der Waals surface area (Å²) in [7, 11) is 1.32. The van der Waals surface area contributed by atoms with Gasteiger partial charge in [-0.25, -0.2) is 14.6 Å². The molecule has 0 aliphatic carbocycles. The minimum Gasteiger partial charge on any atom is -0.464 e. The maximum Gasteiger partial charge on any atom is 0.408 e. The van der Waals surface area contributed by atoms with Gasteiger partial charge in [-0.2, -0.15) is 0 Å². The molecule has 1 atom stereocenters. The highest BCUT2D eigenvalue weighted by atomic mass is 32.1. The van der Waals surface area contributed by atoms with Crippen molar-refractivity contribution in [1.29, 1.82) is 0 Å². The Morgan fingerprint density at radius 3 is 2.46 bits per heavy atom. The Morgan fingerprint density at radius 2 is 1.88 bits per heavy atom. The van der Waals surface area contributed by atoms with Crippen molar-refractivity contribution in [2.45, 2.75) is 45.8 Å². The minimum absolute atomic E-state index is 0.275. The summed E-state index contributed by atoms with van der Waals surface area (Å²) < 4.78 is 10.1. The van der Waals surface area contributed by atoms with E-state index in [2.05, 4.69) is 10.3 Å². The number of nitrogens with zero attached hydrogens (tertiary/aromatic N) is 1. The molecule has 2 aromatic rings. The zero-order valence-corrected chi connectivity index (χ0v) is 16.5. The third-order valence-corrected chi connectivity index (χ3v) is 4.55. The van der Waals surface area contributed by atoms with Crippen molar-refractivity contribution >= 4 is 23.4 Å². The molecule has 0 aliphatic heterocycles. The second-order valence-electron chi connectivity index (χ2n) is 6.84. The molecule has 0 fully saturated rings. The lowest BCUT2D eigenvalue weighted by Gasteiger charge is -2.23. The normalized spacial score (nSPS) is 12.3. The number of benzene rings is 1. The number of carbonyl (C=O) groups excluding carboxylic acids is 2. The van der Waals surface area contributed by atoms with Gasteiger partial charge in [-0.15, -0.1) is 11.3 Å². The maximum atomic E-state index is 12.3. The third-order valence-electron chi connectivity index (χ3n) is 3.46. The van der Waals surface area contributed by atoms with Crippen molar-refractivity contribution in [1.82, 2.24) is 10.3 Å². The van der Waals surface area contributed by atoms with Gasteiger partial charge in [0.2, 0.25) is 0 Å². The van der Waals surface area contributed by atoms with Crippen molar-refractivity contribution in [2.75, 3.05) is 7.11 Å². The number of aryl methyl sites for hydroxylation is 1. The number of methoxy groups -OCH3 is 1. The van der Waals surface area contributed by atoms with Gasteiger partial charge >= 0.3 is 12.1 Å². The van der Waals surface area contributed by atoms with E-state index in [1.165, 1.54) is 18.4 Å². The van der Waals surface area contributed by atoms with Gasteiger partial charge in [0.15, 0.2) is 5.69 Å². The van der Waals surface area contributed by atoms with E-state index in [0.29, 0.717) is 11.4 Å². The molecular formula is C19H24N2O4S. The molecule has 1 aromatic carbocycles. The molecule has 1 unspecified atom stereocenters. The molecule has 0 saturated heterocycles. The van der Waals surface area contributed by atoms with Crippen LogP contribution in [-0.4, -0.2) is 29.8 Å². The number of nitrogens with one attached hydrogen (secondary N) is 1. The van der Waals surface area contributed by atoms with E-state index in [-0.39, 0.29) is 5.69 Å². The summed E-state index contributed by atoms with van der Waals surface area (Å²) in [5.41, 5.74) is 0.717. The van der Waals surface area contributed by atoms with E-state index in [1.54, 1.807) is 6.92 Å². The number of aromatic nitrogens is 1. The quantitative estimate of drug-likeness (QED) is 0.797. The monoisotopic (exact) mass is 376 g/mol. The van der Waals surface area contributed by atoms with Gasteiger partial charge in [0.25, 0.3) is 0 Å². The summed E-state index contributed by atoms with van der Waals surface area (Å²) in [6.45, 7) is 7.23. The van der Waals surface area contributed by atoms with Crippen molar-refractivity contribution in [3.8, 4) is 0 Å². The Kier molecular flexibility index (Phi) is 6.37. The van der Waals surface area contributed by atoms with Gasteiger partial charge in [0.05, 0.1) is 13.2 Å². The van der Waals surface area contributed by atoms with Crippen LogP contribution < -0.4 is 5.32 Å². The standard InChI is InChI=1S/C19H24N2O4S/c1-12-15(17(22)24-5)21-16(26-12)14(11-13-9-7-6-8-10-13)20-18(23)25-19(2,3)4/h6-10,14H,11H2,1-5H3,(H,20,23). The largest absolute Gasteiger partial charge is 0.464 e. The zero-order chi connectivity index (χ0) is 19.3. The molecule has 6 nitrogen and oxygen atoms in total. The van der Waals surface area contributed by atoms with Crippen LogP contribution in [0.25, 0.3) is 0 Å². The third kappa shape index (κ3) is 5.56. The summed E-state index contributed by atoms with van der Waals surface area (Å²) in [6.07, 6.45) is 0.0131. The Balaban J connectivity index is 2.28. The van der Waals surface area contributed by atoms with Crippen molar-refractivity contribution < 1.29 is 19.1 Å². The van der Waals surface area contributed by atoms with Gasteiger partial charge in [-0.1, -0.05) is 30.3 Å². The van der Waals surface area contributed by atoms with E-state index >= 15 is 0 Å². The molecule has 1 amide bonds. The highest BCUT2D eigenvalue weighted by molar-refractivity contribution is 7.12.